The topological polar surface area (TPSA) is 29.1 Å². The van der Waals surface area contributed by atoms with Crippen LogP contribution in [0.3, 0.4) is 0 Å². The van der Waals surface area contributed by atoms with Crippen LogP contribution in [0, 0.1) is 26.7 Å². The molecule has 1 aromatic rings. The first kappa shape index (κ1) is 13.4. The Balaban J connectivity index is 1.71. The zero-order chi connectivity index (χ0) is 13.6. The molecule has 2 saturated carbocycles. The van der Waals surface area contributed by atoms with Crippen molar-refractivity contribution in [1.29, 1.82) is 0 Å². The molecule has 0 saturated heterocycles. The third-order valence-corrected chi connectivity index (χ3v) is 6.03. The number of carbonyl (C=O) groups is 1. The van der Waals surface area contributed by atoms with Crippen molar-refractivity contribution in [3.05, 3.63) is 27.8 Å². The van der Waals surface area contributed by atoms with Gasteiger partial charge < -0.3 is 5.32 Å². The molecular weight excluding hydrogens is 349 g/mol. The standard InChI is InChI=1S/C16H20INO/c1-16(2)10-3-8-14(16)13(9-10)15(19)18-12-6-4-11(17)5-7-12/h4-7,10,13-14H,3,8-9H2,1-2H3,(H,18,19). The van der Waals surface area contributed by atoms with Crippen molar-refractivity contribution in [1.82, 2.24) is 0 Å². The minimum absolute atomic E-state index is 0.216. The molecule has 2 aliphatic rings. The quantitative estimate of drug-likeness (QED) is 0.774. The maximum absolute atomic E-state index is 12.5. The average Bonchev–Trinajstić information content (AvgIpc) is 2.81. The summed E-state index contributed by atoms with van der Waals surface area (Å²) in [4.78, 5) is 12.5. The van der Waals surface area contributed by atoms with Crippen molar-refractivity contribution in [3.63, 3.8) is 0 Å². The highest BCUT2D eigenvalue weighted by molar-refractivity contribution is 14.1. The highest BCUT2D eigenvalue weighted by Crippen LogP contribution is 2.60. The summed E-state index contributed by atoms with van der Waals surface area (Å²) < 4.78 is 1.19. The van der Waals surface area contributed by atoms with Crippen LogP contribution in [-0.2, 0) is 4.79 Å². The van der Waals surface area contributed by atoms with Gasteiger partial charge in [-0.3, -0.25) is 4.79 Å². The first-order valence-electron chi connectivity index (χ1n) is 7.05. The Morgan fingerprint density at radius 1 is 1.26 bits per heavy atom. The third-order valence-electron chi connectivity index (χ3n) is 5.31. The summed E-state index contributed by atoms with van der Waals surface area (Å²) in [5, 5.41) is 3.09. The lowest BCUT2D eigenvalue weighted by atomic mass is 9.80. The summed E-state index contributed by atoms with van der Waals surface area (Å²) >= 11 is 2.28. The van der Waals surface area contributed by atoms with Gasteiger partial charge in [-0.05, 0) is 83.4 Å². The molecular formula is C16H20INO. The number of halogens is 1. The highest BCUT2D eigenvalue weighted by atomic mass is 127. The van der Waals surface area contributed by atoms with Gasteiger partial charge >= 0.3 is 0 Å². The molecule has 0 aromatic heterocycles. The lowest BCUT2D eigenvalue weighted by Gasteiger charge is -2.26. The van der Waals surface area contributed by atoms with E-state index in [9.17, 15) is 4.79 Å². The SMILES string of the molecule is CC1(C)C2CCC1C(C(=O)Nc1ccc(I)cc1)C2. The largest absolute Gasteiger partial charge is 0.326 e. The van der Waals surface area contributed by atoms with Crippen LogP contribution in [0.1, 0.15) is 33.1 Å². The van der Waals surface area contributed by atoms with Crippen LogP contribution in [0.25, 0.3) is 0 Å². The number of fused-ring (bicyclic) bond motifs is 2. The predicted octanol–water partition coefficient (Wildman–Crippen LogP) is 4.30. The lowest BCUT2D eigenvalue weighted by Crippen LogP contribution is -2.29. The van der Waals surface area contributed by atoms with Crippen molar-refractivity contribution in [2.45, 2.75) is 33.1 Å². The van der Waals surface area contributed by atoms with E-state index in [-0.39, 0.29) is 11.8 Å². The van der Waals surface area contributed by atoms with Gasteiger partial charge in [0.25, 0.3) is 0 Å². The van der Waals surface area contributed by atoms with E-state index in [1.807, 2.05) is 24.3 Å². The monoisotopic (exact) mass is 369 g/mol. The summed E-state index contributed by atoms with van der Waals surface area (Å²) in [6.45, 7) is 4.68. The van der Waals surface area contributed by atoms with E-state index in [2.05, 4.69) is 41.8 Å². The van der Waals surface area contributed by atoms with Crippen LogP contribution in [0.4, 0.5) is 5.69 Å². The number of amides is 1. The number of hydrogen-bond acceptors (Lipinski definition) is 1. The van der Waals surface area contributed by atoms with E-state index < -0.39 is 0 Å². The Morgan fingerprint density at radius 2 is 1.95 bits per heavy atom. The lowest BCUT2D eigenvalue weighted by molar-refractivity contribution is -0.121. The van der Waals surface area contributed by atoms with Gasteiger partial charge in [0.1, 0.15) is 0 Å². The Morgan fingerprint density at radius 3 is 2.47 bits per heavy atom. The van der Waals surface area contributed by atoms with Crippen molar-refractivity contribution >= 4 is 34.2 Å². The van der Waals surface area contributed by atoms with Crippen LogP contribution in [0.2, 0.25) is 0 Å². The van der Waals surface area contributed by atoms with E-state index in [0.29, 0.717) is 11.3 Å². The molecule has 0 spiro atoms. The number of carbonyl (C=O) groups excluding carboxylic acids is 1. The first-order valence-corrected chi connectivity index (χ1v) is 8.13. The van der Waals surface area contributed by atoms with Crippen LogP contribution in [-0.4, -0.2) is 5.91 Å². The summed E-state index contributed by atoms with van der Waals surface area (Å²) in [5.74, 6) is 1.75. The Bertz CT molecular complexity index is 494. The fraction of sp³-hybridized carbons (Fsp3) is 0.562. The molecule has 2 bridgehead atoms. The summed E-state index contributed by atoms with van der Waals surface area (Å²) in [5.41, 5.74) is 1.28. The van der Waals surface area contributed by atoms with E-state index in [4.69, 9.17) is 0 Å². The van der Waals surface area contributed by atoms with E-state index in [0.717, 1.165) is 18.0 Å². The van der Waals surface area contributed by atoms with Crippen LogP contribution in [0.5, 0.6) is 0 Å². The van der Waals surface area contributed by atoms with Gasteiger partial charge in [0.15, 0.2) is 0 Å². The molecule has 1 aromatic carbocycles. The average molecular weight is 369 g/mol. The Kier molecular flexibility index (Phi) is 3.36. The Hall–Kier alpha value is -0.580. The fourth-order valence-electron chi connectivity index (χ4n) is 4.10. The van der Waals surface area contributed by atoms with Crippen molar-refractivity contribution < 1.29 is 4.79 Å². The molecule has 0 radical (unpaired) electrons. The third kappa shape index (κ3) is 2.30. The highest BCUT2D eigenvalue weighted by Gasteiger charge is 2.55. The summed E-state index contributed by atoms with van der Waals surface area (Å²) in [7, 11) is 0. The molecule has 3 rings (SSSR count). The molecule has 1 amide bonds. The molecule has 1 N–H and O–H groups in total. The molecule has 3 heteroatoms. The van der Waals surface area contributed by atoms with Crippen LogP contribution >= 0.6 is 22.6 Å². The number of benzene rings is 1. The molecule has 0 heterocycles. The van der Waals surface area contributed by atoms with E-state index in [1.54, 1.807) is 0 Å². The van der Waals surface area contributed by atoms with Gasteiger partial charge in [0.2, 0.25) is 5.91 Å². The number of rotatable bonds is 2. The summed E-state index contributed by atoms with van der Waals surface area (Å²) in [6, 6.07) is 8.03. The predicted molar refractivity (Wildman–Crippen MR) is 85.9 cm³/mol. The molecule has 3 unspecified atom stereocenters. The van der Waals surface area contributed by atoms with E-state index >= 15 is 0 Å². The number of anilines is 1. The molecule has 2 aliphatic carbocycles. The maximum atomic E-state index is 12.5. The molecule has 2 nitrogen and oxygen atoms in total. The van der Waals surface area contributed by atoms with Gasteiger partial charge in [-0.1, -0.05) is 13.8 Å². The molecule has 2 fully saturated rings. The second kappa shape index (κ2) is 4.76. The molecule has 3 atom stereocenters. The molecule has 102 valence electrons. The summed E-state index contributed by atoms with van der Waals surface area (Å²) in [6.07, 6.45) is 3.61. The number of hydrogen-bond donors (Lipinski definition) is 1. The zero-order valence-corrected chi connectivity index (χ0v) is 13.6. The van der Waals surface area contributed by atoms with Gasteiger partial charge in [0, 0.05) is 15.2 Å². The van der Waals surface area contributed by atoms with Crippen LogP contribution < -0.4 is 5.32 Å². The van der Waals surface area contributed by atoms with Crippen molar-refractivity contribution in [3.8, 4) is 0 Å². The van der Waals surface area contributed by atoms with Crippen molar-refractivity contribution in [2.24, 2.45) is 23.2 Å². The smallest absolute Gasteiger partial charge is 0.227 e. The maximum Gasteiger partial charge on any atom is 0.227 e. The zero-order valence-electron chi connectivity index (χ0n) is 11.4. The minimum Gasteiger partial charge on any atom is -0.326 e. The minimum atomic E-state index is 0.216. The second-order valence-electron chi connectivity index (χ2n) is 6.54. The van der Waals surface area contributed by atoms with Gasteiger partial charge in [0.05, 0.1) is 0 Å². The first-order chi connectivity index (χ1) is 8.98. The molecule has 0 aliphatic heterocycles. The second-order valence-corrected chi connectivity index (χ2v) is 7.79. The van der Waals surface area contributed by atoms with Gasteiger partial charge in [-0.2, -0.15) is 0 Å². The van der Waals surface area contributed by atoms with Gasteiger partial charge in [-0.15, -0.1) is 0 Å². The van der Waals surface area contributed by atoms with Gasteiger partial charge in [-0.25, -0.2) is 0 Å². The normalized spacial score (nSPS) is 31.4. The Labute approximate surface area is 128 Å². The van der Waals surface area contributed by atoms with Crippen molar-refractivity contribution in [2.75, 3.05) is 5.32 Å². The van der Waals surface area contributed by atoms with Crippen LogP contribution in [0.15, 0.2) is 24.3 Å². The number of nitrogens with one attached hydrogen (secondary N) is 1. The molecule has 19 heavy (non-hydrogen) atoms. The van der Waals surface area contributed by atoms with E-state index in [1.165, 1.54) is 16.4 Å². The fourth-order valence-corrected chi connectivity index (χ4v) is 4.46.